The average molecular weight is 284 g/mol. The predicted molar refractivity (Wildman–Crippen MR) is 78.3 cm³/mol. The van der Waals surface area contributed by atoms with Crippen LogP contribution in [0.2, 0.25) is 0 Å². The molecular weight excluding hydrogens is 271 g/mol. The van der Waals surface area contributed by atoms with Gasteiger partial charge in [0.2, 0.25) is 0 Å². The third kappa shape index (κ3) is 2.33. The number of nitrogens with two attached hydrogens (primary N) is 1. The number of hydrogen-bond donors (Lipinski definition) is 1. The summed E-state index contributed by atoms with van der Waals surface area (Å²) in [7, 11) is 1.58. The molecule has 106 valence electrons. The fourth-order valence-electron chi connectivity index (χ4n) is 2.19. The van der Waals surface area contributed by atoms with E-state index in [1.807, 2.05) is 18.2 Å². The molecule has 0 bridgehead atoms. The zero-order valence-corrected chi connectivity index (χ0v) is 11.3. The molecule has 0 radical (unpaired) electrons. The number of nitrogens with zero attached hydrogens (tertiary/aromatic N) is 1. The molecule has 0 aliphatic carbocycles. The standard InChI is InChI=1S/C16H13FN2O2/c1-20-11-6-4-5-10(9-11)15-14(16(18)19-21-15)12-7-2-3-8-13(12)17/h2-9H,1H3,(H2,18,19). The lowest BCUT2D eigenvalue weighted by Crippen LogP contribution is -1.91. The molecule has 0 fully saturated rings. The van der Waals surface area contributed by atoms with Gasteiger partial charge in [0.25, 0.3) is 0 Å². The van der Waals surface area contributed by atoms with E-state index in [-0.39, 0.29) is 11.6 Å². The molecule has 3 rings (SSSR count). The number of anilines is 1. The van der Waals surface area contributed by atoms with Crippen molar-refractivity contribution < 1.29 is 13.7 Å². The van der Waals surface area contributed by atoms with Crippen molar-refractivity contribution in [3.63, 3.8) is 0 Å². The second-order valence-electron chi connectivity index (χ2n) is 4.48. The number of ether oxygens (including phenoxy) is 1. The summed E-state index contributed by atoms with van der Waals surface area (Å²) in [5.41, 5.74) is 7.37. The Labute approximate surface area is 120 Å². The van der Waals surface area contributed by atoms with Crippen molar-refractivity contribution in [2.75, 3.05) is 12.8 Å². The van der Waals surface area contributed by atoms with Crippen LogP contribution in [0.4, 0.5) is 10.2 Å². The van der Waals surface area contributed by atoms with Gasteiger partial charge in [-0.05, 0) is 18.2 Å². The molecule has 0 amide bonds. The second kappa shape index (κ2) is 5.28. The second-order valence-corrected chi connectivity index (χ2v) is 4.48. The highest BCUT2D eigenvalue weighted by Crippen LogP contribution is 2.38. The van der Waals surface area contributed by atoms with Gasteiger partial charge in [-0.2, -0.15) is 0 Å². The highest BCUT2D eigenvalue weighted by molar-refractivity contribution is 5.87. The number of rotatable bonds is 3. The van der Waals surface area contributed by atoms with Gasteiger partial charge in [0.1, 0.15) is 11.6 Å². The van der Waals surface area contributed by atoms with Crippen molar-refractivity contribution in [1.82, 2.24) is 5.16 Å². The third-order valence-corrected chi connectivity index (χ3v) is 3.19. The van der Waals surface area contributed by atoms with E-state index < -0.39 is 0 Å². The molecule has 0 unspecified atom stereocenters. The van der Waals surface area contributed by atoms with E-state index in [2.05, 4.69) is 5.16 Å². The molecule has 0 atom stereocenters. The number of hydrogen-bond acceptors (Lipinski definition) is 4. The third-order valence-electron chi connectivity index (χ3n) is 3.19. The molecule has 0 aliphatic rings. The van der Waals surface area contributed by atoms with Crippen molar-refractivity contribution in [2.45, 2.75) is 0 Å². The van der Waals surface area contributed by atoms with E-state index in [1.54, 1.807) is 31.4 Å². The van der Waals surface area contributed by atoms with Gasteiger partial charge in [-0.15, -0.1) is 0 Å². The topological polar surface area (TPSA) is 61.3 Å². The zero-order valence-electron chi connectivity index (χ0n) is 11.3. The molecule has 0 spiro atoms. The maximum absolute atomic E-state index is 14.0. The SMILES string of the molecule is COc1cccc(-c2onc(N)c2-c2ccccc2F)c1. The van der Waals surface area contributed by atoms with Crippen LogP contribution in [0.15, 0.2) is 53.1 Å². The normalized spacial score (nSPS) is 10.6. The maximum Gasteiger partial charge on any atom is 0.177 e. The Bertz CT molecular complexity index is 783. The maximum atomic E-state index is 14.0. The number of methoxy groups -OCH3 is 1. The first kappa shape index (κ1) is 13.2. The summed E-state index contributed by atoms with van der Waals surface area (Å²) in [4.78, 5) is 0. The molecule has 5 heteroatoms. The summed E-state index contributed by atoms with van der Waals surface area (Å²) in [6.07, 6.45) is 0. The number of halogens is 1. The van der Waals surface area contributed by atoms with Gasteiger partial charge in [0, 0.05) is 11.1 Å². The van der Waals surface area contributed by atoms with Gasteiger partial charge < -0.3 is 15.0 Å². The lowest BCUT2D eigenvalue weighted by Gasteiger charge is -2.05. The van der Waals surface area contributed by atoms with Gasteiger partial charge in [-0.1, -0.05) is 35.5 Å². The molecule has 2 N–H and O–H groups in total. The quantitative estimate of drug-likeness (QED) is 0.796. The van der Waals surface area contributed by atoms with Crippen LogP contribution < -0.4 is 10.5 Å². The van der Waals surface area contributed by atoms with Crippen LogP contribution in [0.25, 0.3) is 22.5 Å². The van der Waals surface area contributed by atoms with Crippen LogP contribution in [0.1, 0.15) is 0 Å². The molecule has 21 heavy (non-hydrogen) atoms. The van der Waals surface area contributed by atoms with Crippen LogP contribution in [0, 0.1) is 5.82 Å². The van der Waals surface area contributed by atoms with Gasteiger partial charge in [0.15, 0.2) is 11.6 Å². The van der Waals surface area contributed by atoms with Crippen molar-refractivity contribution in [3.05, 3.63) is 54.3 Å². The van der Waals surface area contributed by atoms with E-state index in [0.29, 0.717) is 22.6 Å². The van der Waals surface area contributed by atoms with Crippen LogP contribution in [0.3, 0.4) is 0 Å². The molecule has 0 saturated heterocycles. The van der Waals surface area contributed by atoms with E-state index in [4.69, 9.17) is 15.0 Å². The number of benzene rings is 2. The summed E-state index contributed by atoms with van der Waals surface area (Å²) in [5.74, 6) is 0.855. The minimum Gasteiger partial charge on any atom is -0.497 e. The Morgan fingerprint density at radius 2 is 1.95 bits per heavy atom. The Kier molecular flexibility index (Phi) is 3.31. The fourth-order valence-corrected chi connectivity index (χ4v) is 2.19. The van der Waals surface area contributed by atoms with Crippen LogP contribution in [-0.2, 0) is 0 Å². The van der Waals surface area contributed by atoms with Gasteiger partial charge in [-0.3, -0.25) is 0 Å². The Morgan fingerprint density at radius 1 is 1.14 bits per heavy atom. The van der Waals surface area contributed by atoms with Crippen LogP contribution >= 0.6 is 0 Å². The lowest BCUT2D eigenvalue weighted by molar-refractivity contribution is 0.413. The largest absolute Gasteiger partial charge is 0.497 e. The van der Waals surface area contributed by atoms with E-state index in [0.717, 1.165) is 5.56 Å². The minimum atomic E-state index is -0.378. The summed E-state index contributed by atoms with van der Waals surface area (Å²) in [6, 6.07) is 13.6. The molecular formula is C16H13FN2O2. The van der Waals surface area contributed by atoms with E-state index >= 15 is 0 Å². The van der Waals surface area contributed by atoms with Gasteiger partial charge in [-0.25, -0.2) is 4.39 Å². The fraction of sp³-hybridized carbons (Fsp3) is 0.0625. The summed E-state index contributed by atoms with van der Waals surface area (Å²) >= 11 is 0. The zero-order chi connectivity index (χ0) is 14.8. The Hall–Kier alpha value is -2.82. The summed E-state index contributed by atoms with van der Waals surface area (Å²) in [6.45, 7) is 0. The van der Waals surface area contributed by atoms with Crippen molar-refractivity contribution in [2.24, 2.45) is 0 Å². The molecule has 2 aromatic carbocycles. The highest BCUT2D eigenvalue weighted by Gasteiger charge is 2.20. The van der Waals surface area contributed by atoms with Crippen molar-refractivity contribution in [3.8, 4) is 28.2 Å². The average Bonchev–Trinajstić information content (AvgIpc) is 2.89. The first-order valence-corrected chi connectivity index (χ1v) is 6.35. The van der Waals surface area contributed by atoms with Crippen LogP contribution in [-0.4, -0.2) is 12.3 Å². The molecule has 0 aliphatic heterocycles. The number of nitrogen functional groups attached to an aromatic ring is 1. The van der Waals surface area contributed by atoms with Gasteiger partial charge >= 0.3 is 0 Å². The summed E-state index contributed by atoms with van der Waals surface area (Å²) < 4.78 is 24.5. The van der Waals surface area contributed by atoms with Crippen molar-refractivity contribution >= 4 is 5.82 Å². The smallest absolute Gasteiger partial charge is 0.177 e. The Morgan fingerprint density at radius 3 is 2.71 bits per heavy atom. The first-order valence-electron chi connectivity index (χ1n) is 6.35. The van der Waals surface area contributed by atoms with E-state index in [1.165, 1.54) is 6.07 Å². The molecule has 1 heterocycles. The molecule has 3 aromatic rings. The lowest BCUT2D eigenvalue weighted by atomic mass is 10.0. The monoisotopic (exact) mass is 284 g/mol. The Balaban J connectivity index is 2.20. The minimum absolute atomic E-state index is 0.151. The number of aromatic nitrogens is 1. The first-order chi connectivity index (χ1) is 10.2. The predicted octanol–water partition coefficient (Wildman–Crippen LogP) is 3.74. The van der Waals surface area contributed by atoms with Gasteiger partial charge in [0.05, 0.1) is 12.7 Å². The van der Waals surface area contributed by atoms with Crippen molar-refractivity contribution in [1.29, 1.82) is 0 Å². The molecule has 1 aromatic heterocycles. The molecule has 0 saturated carbocycles. The highest BCUT2D eigenvalue weighted by atomic mass is 19.1. The van der Waals surface area contributed by atoms with E-state index in [9.17, 15) is 4.39 Å². The van der Waals surface area contributed by atoms with Crippen LogP contribution in [0.5, 0.6) is 5.75 Å². The molecule has 4 nitrogen and oxygen atoms in total. The summed E-state index contributed by atoms with van der Waals surface area (Å²) in [5, 5.41) is 3.76.